The highest BCUT2D eigenvalue weighted by Gasteiger charge is 2.38. The molecule has 2 saturated heterocycles. The first kappa shape index (κ1) is 22.5. The second-order valence-electron chi connectivity index (χ2n) is 8.01. The second kappa shape index (κ2) is 10.7. The average molecular weight is 456 g/mol. The van der Waals surface area contributed by atoms with E-state index >= 15 is 0 Å². The maximum atomic E-state index is 13.1. The third-order valence-electron chi connectivity index (χ3n) is 5.72. The van der Waals surface area contributed by atoms with Crippen molar-refractivity contribution in [2.45, 2.75) is 43.4 Å². The van der Waals surface area contributed by atoms with Gasteiger partial charge in [-0.1, -0.05) is 25.1 Å². The topological polar surface area (TPSA) is 72.0 Å². The molecule has 8 heteroatoms. The third-order valence-corrected chi connectivity index (χ3v) is 6.93. The number of hydrogen-bond acceptors (Lipinski definition) is 6. The summed E-state index contributed by atoms with van der Waals surface area (Å²) in [5.74, 6) is 1.72. The van der Waals surface area contributed by atoms with Gasteiger partial charge in [0.25, 0.3) is 5.91 Å². The van der Waals surface area contributed by atoms with E-state index in [0.717, 1.165) is 35.8 Å². The van der Waals surface area contributed by atoms with Gasteiger partial charge in [0.1, 0.15) is 17.4 Å². The number of hydrogen-bond donors (Lipinski definition) is 0. The van der Waals surface area contributed by atoms with Crippen LogP contribution in [0.2, 0.25) is 0 Å². The van der Waals surface area contributed by atoms with Crippen molar-refractivity contribution in [1.82, 2.24) is 14.8 Å². The molecule has 0 aliphatic carbocycles. The van der Waals surface area contributed by atoms with Gasteiger partial charge in [-0.3, -0.25) is 4.79 Å². The lowest BCUT2D eigenvalue weighted by Gasteiger charge is -2.35. The van der Waals surface area contributed by atoms with E-state index in [9.17, 15) is 9.59 Å². The fourth-order valence-electron chi connectivity index (χ4n) is 4.05. The van der Waals surface area contributed by atoms with Crippen LogP contribution in [-0.2, 0) is 4.74 Å². The molecule has 1 aromatic heterocycles. The molecule has 32 heavy (non-hydrogen) atoms. The number of cyclic esters (lactones) is 1. The van der Waals surface area contributed by atoms with Gasteiger partial charge in [-0.25, -0.2) is 9.78 Å². The fourth-order valence-corrected chi connectivity index (χ4v) is 4.89. The number of likely N-dealkylation sites (tertiary alicyclic amines) is 1. The zero-order valence-corrected chi connectivity index (χ0v) is 19.1. The first-order valence-corrected chi connectivity index (χ1v) is 12.2. The molecule has 4 rings (SSSR count). The van der Waals surface area contributed by atoms with Crippen molar-refractivity contribution in [3.8, 4) is 5.75 Å². The molecule has 1 unspecified atom stereocenters. The molecular weight excluding hydrogens is 426 g/mol. The van der Waals surface area contributed by atoms with E-state index < -0.39 is 0 Å². The zero-order chi connectivity index (χ0) is 22.3. The van der Waals surface area contributed by atoms with Crippen LogP contribution in [-0.4, -0.2) is 70.9 Å². The highest BCUT2D eigenvalue weighted by Crippen LogP contribution is 2.26. The van der Waals surface area contributed by atoms with Gasteiger partial charge >= 0.3 is 6.09 Å². The molecular formula is C24H29N3O4S. The van der Waals surface area contributed by atoms with Crippen molar-refractivity contribution in [3.63, 3.8) is 0 Å². The minimum absolute atomic E-state index is 0.0216. The standard InChI is InChI=1S/C24H29N3O4S/c1-2-15-32-22-21(9-6-12-25-22)23(28)26-13-10-18(11-14-26)27-16-20(31-24(27)29)17-30-19-7-4-3-5-8-19/h3-9,12,18,20H,2,10-11,13-17H2,1H3. The molecule has 0 radical (unpaired) electrons. The van der Waals surface area contributed by atoms with Gasteiger partial charge in [-0.2, -0.15) is 0 Å². The molecule has 170 valence electrons. The number of ether oxygens (including phenoxy) is 2. The van der Waals surface area contributed by atoms with Crippen LogP contribution in [0.25, 0.3) is 0 Å². The second-order valence-corrected chi connectivity index (χ2v) is 9.09. The number of thioether (sulfide) groups is 1. The summed E-state index contributed by atoms with van der Waals surface area (Å²) in [5.41, 5.74) is 0.670. The van der Waals surface area contributed by atoms with Crippen LogP contribution in [0.3, 0.4) is 0 Å². The van der Waals surface area contributed by atoms with E-state index in [0.29, 0.717) is 31.8 Å². The number of amides is 2. The molecule has 2 aromatic rings. The Kier molecular flexibility index (Phi) is 7.52. The number of carbonyl (C=O) groups is 2. The summed E-state index contributed by atoms with van der Waals surface area (Å²) >= 11 is 1.62. The smallest absolute Gasteiger partial charge is 0.410 e. The summed E-state index contributed by atoms with van der Waals surface area (Å²) in [5, 5.41) is 0.797. The summed E-state index contributed by atoms with van der Waals surface area (Å²) in [6, 6.07) is 13.3. The van der Waals surface area contributed by atoms with Crippen LogP contribution in [0.5, 0.6) is 5.75 Å². The van der Waals surface area contributed by atoms with E-state index in [1.54, 1.807) is 22.9 Å². The van der Waals surface area contributed by atoms with Gasteiger partial charge in [-0.05, 0) is 49.3 Å². The molecule has 0 N–H and O–H groups in total. The van der Waals surface area contributed by atoms with Crippen LogP contribution >= 0.6 is 11.8 Å². The van der Waals surface area contributed by atoms with Gasteiger partial charge in [0.2, 0.25) is 0 Å². The van der Waals surface area contributed by atoms with Crippen molar-refractivity contribution < 1.29 is 19.1 Å². The van der Waals surface area contributed by atoms with E-state index in [2.05, 4.69) is 11.9 Å². The SMILES string of the molecule is CCCSc1ncccc1C(=O)N1CCC(N2CC(COc3ccccc3)OC2=O)CC1. The van der Waals surface area contributed by atoms with Crippen LogP contribution < -0.4 is 4.74 Å². The maximum absolute atomic E-state index is 13.1. The van der Waals surface area contributed by atoms with E-state index in [1.807, 2.05) is 47.4 Å². The summed E-state index contributed by atoms with van der Waals surface area (Å²) in [6.45, 7) is 4.20. The largest absolute Gasteiger partial charge is 0.490 e. The normalized spacial score (nSPS) is 19.2. The first-order valence-electron chi connectivity index (χ1n) is 11.2. The number of benzene rings is 1. The number of para-hydroxylation sites is 1. The molecule has 1 atom stereocenters. The number of nitrogens with zero attached hydrogens (tertiary/aromatic N) is 3. The van der Waals surface area contributed by atoms with Crippen LogP contribution in [0.15, 0.2) is 53.7 Å². The Bertz CT molecular complexity index is 918. The lowest BCUT2D eigenvalue weighted by molar-refractivity contribution is 0.0654. The Hall–Kier alpha value is -2.74. The highest BCUT2D eigenvalue weighted by molar-refractivity contribution is 7.99. The average Bonchev–Trinajstić information content (AvgIpc) is 3.22. The van der Waals surface area contributed by atoms with Gasteiger partial charge in [0.15, 0.2) is 6.10 Å². The number of carbonyl (C=O) groups excluding carboxylic acids is 2. The molecule has 2 fully saturated rings. The molecule has 0 bridgehead atoms. The number of piperidine rings is 1. The highest BCUT2D eigenvalue weighted by atomic mass is 32.2. The molecule has 1 aromatic carbocycles. The summed E-state index contributed by atoms with van der Waals surface area (Å²) in [4.78, 5) is 33.6. The van der Waals surface area contributed by atoms with Crippen LogP contribution in [0.4, 0.5) is 4.79 Å². The molecule has 2 amide bonds. The summed E-state index contributed by atoms with van der Waals surface area (Å²) in [7, 11) is 0. The van der Waals surface area contributed by atoms with Crippen molar-refractivity contribution >= 4 is 23.8 Å². The van der Waals surface area contributed by atoms with Gasteiger partial charge in [0, 0.05) is 25.3 Å². The quantitative estimate of drug-likeness (QED) is 0.559. The third kappa shape index (κ3) is 5.35. The Labute approximate surface area is 193 Å². The Morgan fingerprint density at radius 3 is 2.72 bits per heavy atom. The van der Waals surface area contributed by atoms with E-state index in [1.165, 1.54) is 0 Å². The van der Waals surface area contributed by atoms with Crippen LogP contribution in [0.1, 0.15) is 36.5 Å². The first-order chi connectivity index (χ1) is 15.7. The van der Waals surface area contributed by atoms with Gasteiger partial charge in [0.05, 0.1) is 12.1 Å². The fraction of sp³-hybridized carbons (Fsp3) is 0.458. The Morgan fingerprint density at radius 2 is 1.97 bits per heavy atom. The molecule has 2 aliphatic rings. The minimum atomic E-state index is -0.290. The summed E-state index contributed by atoms with van der Waals surface area (Å²) in [6.07, 6.45) is 3.68. The molecule has 7 nitrogen and oxygen atoms in total. The van der Waals surface area contributed by atoms with Gasteiger partial charge in [-0.15, -0.1) is 11.8 Å². The predicted octanol–water partition coefficient (Wildman–Crippen LogP) is 4.09. The number of pyridine rings is 1. The minimum Gasteiger partial charge on any atom is -0.490 e. The van der Waals surface area contributed by atoms with Crippen molar-refractivity contribution in [2.24, 2.45) is 0 Å². The molecule has 0 saturated carbocycles. The van der Waals surface area contributed by atoms with Crippen molar-refractivity contribution in [1.29, 1.82) is 0 Å². The summed E-state index contributed by atoms with van der Waals surface area (Å²) < 4.78 is 11.3. The molecule has 3 heterocycles. The maximum Gasteiger partial charge on any atom is 0.410 e. The Morgan fingerprint density at radius 1 is 1.19 bits per heavy atom. The predicted molar refractivity (Wildman–Crippen MR) is 123 cm³/mol. The van der Waals surface area contributed by atoms with Gasteiger partial charge < -0.3 is 19.3 Å². The lowest BCUT2D eigenvalue weighted by Crippen LogP contribution is -2.47. The lowest BCUT2D eigenvalue weighted by atomic mass is 10.0. The van der Waals surface area contributed by atoms with Crippen LogP contribution in [0, 0.1) is 0 Å². The molecule has 2 aliphatic heterocycles. The zero-order valence-electron chi connectivity index (χ0n) is 18.3. The molecule has 0 spiro atoms. The number of aromatic nitrogens is 1. The monoisotopic (exact) mass is 455 g/mol. The van der Waals surface area contributed by atoms with Crippen molar-refractivity contribution in [2.75, 3.05) is 32.0 Å². The number of rotatable bonds is 8. The van der Waals surface area contributed by atoms with Crippen molar-refractivity contribution in [3.05, 3.63) is 54.2 Å². The Balaban J connectivity index is 1.29. The van der Waals surface area contributed by atoms with E-state index in [4.69, 9.17) is 9.47 Å². The van der Waals surface area contributed by atoms with E-state index in [-0.39, 0.29) is 24.1 Å².